The first-order chi connectivity index (χ1) is 8.75. The van der Waals surface area contributed by atoms with E-state index in [9.17, 15) is 9.59 Å². The van der Waals surface area contributed by atoms with Crippen LogP contribution in [0.25, 0.3) is 0 Å². The molecule has 1 aliphatic rings. The molecule has 110 valence electrons. The molecule has 0 aromatic heterocycles. The lowest BCUT2D eigenvalue weighted by Gasteiger charge is -2.23. The molecule has 0 radical (unpaired) electrons. The van der Waals surface area contributed by atoms with Crippen LogP contribution < -0.4 is 5.32 Å². The van der Waals surface area contributed by atoms with E-state index in [-0.39, 0.29) is 11.9 Å². The largest absolute Gasteiger partial charge is 0.467 e. The van der Waals surface area contributed by atoms with Crippen molar-refractivity contribution in [3.63, 3.8) is 0 Å². The Hall–Kier alpha value is -0.910. The van der Waals surface area contributed by atoms with Gasteiger partial charge in [0.25, 0.3) is 0 Å². The Morgan fingerprint density at radius 2 is 2.05 bits per heavy atom. The minimum atomic E-state index is -0.882. The molecule has 1 fully saturated rings. The number of methoxy groups -OCH3 is 1. The third kappa shape index (κ3) is 4.30. The fourth-order valence-corrected chi connectivity index (χ4v) is 2.58. The van der Waals surface area contributed by atoms with E-state index in [0.29, 0.717) is 6.42 Å². The highest BCUT2D eigenvalue weighted by Gasteiger charge is 2.62. The summed E-state index contributed by atoms with van der Waals surface area (Å²) in [6.45, 7) is 5.36. The van der Waals surface area contributed by atoms with Crippen molar-refractivity contribution in [2.75, 3.05) is 19.1 Å². The van der Waals surface area contributed by atoms with Gasteiger partial charge >= 0.3 is 12.1 Å². The second-order valence-electron chi connectivity index (χ2n) is 5.77. The van der Waals surface area contributed by atoms with Crippen LogP contribution in [0.5, 0.6) is 0 Å². The van der Waals surface area contributed by atoms with E-state index in [1.54, 1.807) is 32.5 Å². The summed E-state index contributed by atoms with van der Waals surface area (Å²) in [4.78, 5) is 23.7. The van der Waals surface area contributed by atoms with Crippen molar-refractivity contribution in [2.45, 2.75) is 44.8 Å². The standard InChI is InChI=1S/C13H23NO4S/c1-12(2,3)18-11(16)14-13(10(15)17-4)8-9(13)6-7-19-5/h9H,6-8H2,1-5H3,(H,14,16). The number of rotatable bonds is 5. The number of thioether (sulfide) groups is 1. The predicted molar refractivity (Wildman–Crippen MR) is 75.2 cm³/mol. The zero-order valence-corrected chi connectivity index (χ0v) is 13.1. The molecule has 0 spiro atoms. The first-order valence-corrected chi connectivity index (χ1v) is 7.73. The van der Waals surface area contributed by atoms with Gasteiger partial charge in [0.15, 0.2) is 0 Å². The summed E-state index contributed by atoms with van der Waals surface area (Å²) < 4.78 is 10.0. The Kier molecular flexibility index (Phi) is 5.12. The van der Waals surface area contributed by atoms with Crippen molar-refractivity contribution >= 4 is 23.8 Å². The number of nitrogens with one attached hydrogen (secondary N) is 1. The number of hydrogen-bond acceptors (Lipinski definition) is 5. The maximum absolute atomic E-state index is 11.9. The lowest BCUT2D eigenvalue weighted by atomic mass is 10.1. The van der Waals surface area contributed by atoms with Crippen molar-refractivity contribution in [3.8, 4) is 0 Å². The van der Waals surface area contributed by atoms with Gasteiger partial charge in [0.2, 0.25) is 0 Å². The van der Waals surface area contributed by atoms with Gasteiger partial charge in [0, 0.05) is 0 Å². The number of alkyl carbamates (subject to hydrolysis) is 1. The molecule has 19 heavy (non-hydrogen) atoms. The summed E-state index contributed by atoms with van der Waals surface area (Å²) in [6.07, 6.45) is 2.96. The van der Waals surface area contributed by atoms with Gasteiger partial charge in [-0.15, -0.1) is 0 Å². The number of hydrogen-bond donors (Lipinski definition) is 1. The van der Waals surface area contributed by atoms with Gasteiger partial charge in [-0.1, -0.05) is 0 Å². The maximum Gasteiger partial charge on any atom is 0.408 e. The van der Waals surface area contributed by atoms with E-state index in [1.165, 1.54) is 7.11 Å². The average molecular weight is 289 g/mol. The van der Waals surface area contributed by atoms with Crippen LogP contribution in [-0.4, -0.2) is 42.3 Å². The maximum atomic E-state index is 11.9. The van der Waals surface area contributed by atoms with E-state index >= 15 is 0 Å². The van der Waals surface area contributed by atoms with E-state index in [1.807, 2.05) is 6.26 Å². The topological polar surface area (TPSA) is 64.6 Å². The molecule has 0 aromatic rings. The van der Waals surface area contributed by atoms with E-state index in [0.717, 1.165) is 12.2 Å². The van der Waals surface area contributed by atoms with Crippen LogP contribution in [0.15, 0.2) is 0 Å². The minimum Gasteiger partial charge on any atom is -0.467 e. The van der Waals surface area contributed by atoms with Crippen molar-refractivity contribution in [2.24, 2.45) is 5.92 Å². The first kappa shape index (κ1) is 16.1. The smallest absolute Gasteiger partial charge is 0.408 e. The molecule has 6 heteroatoms. The SMILES string of the molecule is COC(=O)C1(NC(=O)OC(C)(C)C)CC1CCSC. The summed E-state index contributed by atoms with van der Waals surface area (Å²) >= 11 is 1.72. The molecular weight excluding hydrogens is 266 g/mol. The lowest BCUT2D eigenvalue weighted by Crippen LogP contribution is -2.47. The molecule has 0 heterocycles. The number of amides is 1. The second kappa shape index (κ2) is 6.03. The fraction of sp³-hybridized carbons (Fsp3) is 0.846. The minimum absolute atomic E-state index is 0.139. The number of esters is 1. The summed E-state index contributed by atoms with van der Waals surface area (Å²) in [5.74, 6) is 0.712. The third-order valence-electron chi connectivity index (χ3n) is 3.05. The highest BCUT2D eigenvalue weighted by Crippen LogP contribution is 2.47. The molecule has 1 N–H and O–H groups in total. The Labute approximate surface area is 118 Å². The van der Waals surface area contributed by atoms with E-state index in [2.05, 4.69) is 5.32 Å². The highest BCUT2D eigenvalue weighted by atomic mass is 32.2. The molecule has 5 nitrogen and oxygen atoms in total. The first-order valence-electron chi connectivity index (χ1n) is 6.33. The van der Waals surface area contributed by atoms with Crippen molar-refractivity contribution in [1.82, 2.24) is 5.32 Å². The van der Waals surface area contributed by atoms with Gasteiger partial charge < -0.3 is 14.8 Å². The van der Waals surface area contributed by atoms with Crippen LogP contribution in [0.3, 0.4) is 0 Å². The molecule has 2 atom stereocenters. The summed E-state index contributed by atoms with van der Waals surface area (Å²) in [7, 11) is 1.34. The molecular formula is C13H23NO4S. The lowest BCUT2D eigenvalue weighted by molar-refractivity contribution is -0.144. The van der Waals surface area contributed by atoms with Crippen LogP contribution >= 0.6 is 11.8 Å². The summed E-state index contributed by atoms with van der Waals surface area (Å²) in [5, 5.41) is 2.69. The van der Waals surface area contributed by atoms with Crippen molar-refractivity contribution < 1.29 is 19.1 Å². The molecule has 0 aromatic carbocycles. The fourth-order valence-electron chi connectivity index (χ4n) is 2.06. The zero-order chi connectivity index (χ0) is 14.7. The monoisotopic (exact) mass is 289 g/mol. The van der Waals surface area contributed by atoms with Gasteiger partial charge in [-0.3, -0.25) is 0 Å². The number of carbonyl (C=O) groups excluding carboxylic acids is 2. The Bertz CT molecular complexity index is 353. The van der Waals surface area contributed by atoms with Crippen LogP contribution in [0.1, 0.15) is 33.6 Å². The molecule has 1 rings (SSSR count). The van der Waals surface area contributed by atoms with Crippen LogP contribution in [0.2, 0.25) is 0 Å². The van der Waals surface area contributed by atoms with E-state index in [4.69, 9.17) is 9.47 Å². The van der Waals surface area contributed by atoms with Crippen LogP contribution in [0.4, 0.5) is 4.79 Å². The van der Waals surface area contributed by atoms with Crippen molar-refractivity contribution in [3.05, 3.63) is 0 Å². The Morgan fingerprint density at radius 3 is 2.53 bits per heavy atom. The summed E-state index contributed by atoms with van der Waals surface area (Å²) in [5.41, 5.74) is -1.46. The highest BCUT2D eigenvalue weighted by molar-refractivity contribution is 7.98. The average Bonchev–Trinajstić information content (AvgIpc) is 2.97. The van der Waals surface area contributed by atoms with Gasteiger partial charge in [-0.2, -0.15) is 11.8 Å². The molecule has 1 saturated carbocycles. The zero-order valence-electron chi connectivity index (χ0n) is 12.2. The van der Waals surface area contributed by atoms with Gasteiger partial charge in [-0.25, -0.2) is 9.59 Å². The molecule has 0 aliphatic heterocycles. The quantitative estimate of drug-likeness (QED) is 0.786. The van der Waals surface area contributed by atoms with Crippen LogP contribution in [-0.2, 0) is 14.3 Å². The molecule has 0 bridgehead atoms. The van der Waals surface area contributed by atoms with E-state index < -0.39 is 17.2 Å². The van der Waals surface area contributed by atoms with Crippen LogP contribution in [0, 0.1) is 5.92 Å². The Morgan fingerprint density at radius 1 is 1.42 bits per heavy atom. The third-order valence-corrected chi connectivity index (χ3v) is 3.69. The predicted octanol–water partition coefficient (Wildman–Crippen LogP) is 2.20. The normalized spacial score (nSPS) is 25.6. The number of carbonyl (C=O) groups is 2. The molecule has 1 amide bonds. The van der Waals surface area contributed by atoms with Crippen molar-refractivity contribution in [1.29, 1.82) is 0 Å². The second-order valence-corrected chi connectivity index (χ2v) is 6.76. The molecule has 1 aliphatic carbocycles. The van der Waals surface area contributed by atoms with Gasteiger partial charge in [-0.05, 0) is 51.5 Å². The van der Waals surface area contributed by atoms with Gasteiger partial charge in [0.1, 0.15) is 11.1 Å². The molecule has 2 unspecified atom stereocenters. The molecule has 0 saturated heterocycles. The Balaban J connectivity index is 2.63. The van der Waals surface area contributed by atoms with Gasteiger partial charge in [0.05, 0.1) is 7.11 Å². The number of ether oxygens (including phenoxy) is 2. The summed E-state index contributed by atoms with van der Waals surface area (Å²) in [6, 6.07) is 0.